The van der Waals surface area contributed by atoms with Gasteiger partial charge in [0.25, 0.3) is 0 Å². The van der Waals surface area contributed by atoms with Gasteiger partial charge in [0, 0.05) is 6.54 Å². The molecule has 0 aliphatic heterocycles. The second-order valence-corrected chi connectivity index (χ2v) is 4.44. The topological polar surface area (TPSA) is 105 Å². The van der Waals surface area contributed by atoms with Gasteiger partial charge in [-0.25, -0.2) is 4.39 Å². The molecule has 1 unspecified atom stereocenters. The Morgan fingerprint density at radius 3 is 2.59 bits per heavy atom. The van der Waals surface area contributed by atoms with Crippen molar-refractivity contribution in [2.24, 2.45) is 0 Å². The second-order valence-electron chi connectivity index (χ2n) is 4.07. The molecule has 1 atom stereocenters. The zero-order chi connectivity index (χ0) is 13.2. The van der Waals surface area contributed by atoms with Gasteiger partial charge in [0.1, 0.15) is 10.6 Å². The molecule has 0 aliphatic rings. The van der Waals surface area contributed by atoms with E-state index in [9.17, 15) is 9.50 Å². The van der Waals surface area contributed by atoms with Crippen molar-refractivity contribution in [2.45, 2.75) is 12.5 Å². The lowest BCUT2D eigenvalue weighted by molar-refractivity contribution is 0.0132. The van der Waals surface area contributed by atoms with E-state index in [1.807, 2.05) is 0 Å². The van der Waals surface area contributed by atoms with Gasteiger partial charge in [-0.15, -0.1) is 0 Å². The first-order valence-corrected chi connectivity index (χ1v) is 5.26. The Hall–Kier alpha value is -1.24. The Morgan fingerprint density at radius 2 is 2.06 bits per heavy atom. The average molecular weight is 264 g/mol. The van der Waals surface area contributed by atoms with E-state index >= 15 is 0 Å². The maximum Gasteiger partial charge on any atom is 0.169 e. The number of anilines is 3. The van der Waals surface area contributed by atoms with E-state index in [1.54, 1.807) is 0 Å². The lowest BCUT2D eigenvalue weighted by Crippen LogP contribution is -2.37. The molecular formula is C10H15ClFN3O2. The van der Waals surface area contributed by atoms with Gasteiger partial charge >= 0.3 is 0 Å². The molecule has 0 radical (unpaired) electrons. The maximum atomic E-state index is 13.7. The molecule has 1 rings (SSSR count). The number of halogens is 2. The molecule has 7 heteroatoms. The predicted molar refractivity (Wildman–Crippen MR) is 66.4 cm³/mol. The SMILES string of the molecule is CC(O)(CO)CNc1c(N)cc(N)c(Cl)c1F. The fourth-order valence-electron chi connectivity index (χ4n) is 1.18. The quantitative estimate of drug-likeness (QED) is 0.517. The van der Waals surface area contributed by atoms with Crippen LogP contribution >= 0.6 is 11.6 Å². The Bertz CT molecular complexity index is 427. The van der Waals surface area contributed by atoms with Gasteiger partial charge in [-0.2, -0.15) is 0 Å². The first-order chi connectivity index (χ1) is 7.78. The van der Waals surface area contributed by atoms with Crippen LogP contribution in [0.4, 0.5) is 21.5 Å². The molecular weight excluding hydrogens is 249 g/mol. The van der Waals surface area contributed by atoms with Crippen LogP contribution < -0.4 is 16.8 Å². The van der Waals surface area contributed by atoms with E-state index in [0.717, 1.165) is 0 Å². The average Bonchev–Trinajstić information content (AvgIpc) is 2.26. The van der Waals surface area contributed by atoms with Crippen molar-refractivity contribution in [3.8, 4) is 0 Å². The fourth-order valence-corrected chi connectivity index (χ4v) is 1.33. The van der Waals surface area contributed by atoms with Crippen LogP contribution in [0.1, 0.15) is 6.92 Å². The monoisotopic (exact) mass is 263 g/mol. The lowest BCUT2D eigenvalue weighted by atomic mass is 10.1. The van der Waals surface area contributed by atoms with Gasteiger partial charge in [-0.3, -0.25) is 0 Å². The molecule has 0 amide bonds. The van der Waals surface area contributed by atoms with Crippen LogP contribution in [0.15, 0.2) is 6.07 Å². The zero-order valence-electron chi connectivity index (χ0n) is 9.30. The minimum atomic E-state index is -1.38. The summed E-state index contributed by atoms with van der Waals surface area (Å²) in [4.78, 5) is 0. The van der Waals surface area contributed by atoms with E-state index in [4.69, 9.17) is 28.2 Å². The molecule has 0 spiro atoms. The summed E-state index contributed by atoms with van der Waals surface area (Å²) in [5, 5.41) is 20.8. The number of hydrogen-bond donors (Lipinski definition) is 5. The number of nitrogen functional groups attached to an aromatic ring is 2. The smallest absolute Gasteiger partial charge is 0.169 e. The number of nitrogens with one attached hydrogen (secondary N) is 1. The van der Waals surface area contributed by atoms with Gasteiger partial charge in [0.15, 0.2) is 5.82 Å². The molecule has 1 aromatic carbocycles. The summed E-state index contributed by atoms with van der Waals surface area (Å²) < 4.78 is 13.7. The minimum absolute atomic E-state index is 0.0427. The molecule has 0 heterocycles. The number of rotatable bonds is 4. The molecule has 0 fully saturated rings. The van der Waals surface area contributed by atoms with Gasteiger partial charge in [0.2, 0.25) is 0 Å². The highest BCUT2D eigenvalue weighted by atomic mass is 35.5. The van der Waals surface area contributed by atoms with E-state index < -0.39 is 18.0 Å². The fraction of sp³-hybridized carbons (Fsp3) is 0.400. The van der Waals surface area contributed by atoms with Crippen molar-refractivity contribution < 1.29 is 14.6 Å². The van der Waals surface area contributed by atoms with Crippen molar-refractivity contribution >= 4 is 28.7 Å². The highest BCUT2D eigenvalue weighted by molar-refractivity contribution is 6.33. The van der Waals surface area contributed by atoms with Crippen molar-refractivity contribution in [3.05, 3.63) is 16.9 Å². The van der Waals surface area contributed by atoms with Crippen LogP contribution in [0.2, 0.25) is 5.02 Å². The Labute approximate surface area is 103 Å². The highest BCUT2D eigenvalue weighted by Crippen LogP contribution is 2.33. The highest BCUT2D eigenvalue weighted by Gasteiger charge is 2.21. The third-order valence-corrected chi connectivity index (χ3v) is 2.64. The molecule has 96 valence electrons. The first kappa shape index (κ1) is 13.8. The number of nitrogens with two attached hydrogens (primary N) is 2. The summed E-state index contributed by atoms with van der Waals surface area (Å²) in [6.07, 6.45) is 0. The minimum Gasteiger partial charge on any atom is -0.397 e. The largest absolute Gasteiger partial charge is 0.397 e. The van der Waals surface area contributed by atoms with Gasteiger partial charge in [0.05, 0.1) is 23.7 Å². The maximum absolute atomic E-state index is 13.7. The Kier molecular flexibility index (Phi) is 4.03. The summed E-state index contributed by atoms with van der Waals surface area (Å²) in [5.74, 6) is -0.780. The third-order valence-electron chi connectivity index (χ3n) is 2.25. The summed E-state index contributed by atoms with van der Waals surface area (Å²) in [7, 11) is 0. The standard InChI is InChI=1S/C10H15ClFN3O2/c1-10(17,4-16)3-15-9-6(14)2-5(13)7(11)8(9)12/h2,15-17H,3-4,13-14H2,1H3. The molecule has 5 nitrogen and oxygen atoms in total. The molecule has 7 N–H and O–H groups in total. The van der Waals surface area contributed by atoms with Crippen LogP contribution in [0, 0.1) is 5.82 Å². The second kappa shape index (κ2) is 4.95. The molecule has 0 aromatic heterocycles. The van der Waals surface area contributed by atoms with E-state index in [1.165, 1.54) is 13.0 Å². The first-order valence-electron chi connectivity index (χ1n) is 4.88. The van der Waals surface area contributed by atoms with Crippen LogP contribution in [0.5, 0.6) is 0 Å². The number of hydrogen-bond acceptors (Lipinski definition) is 5. The summed E-state index contributed by atoms with van der Waals surface area (Å²) in [6, 6.07) is 1.32. The van der Waals surface area contributed by atoms with E-state index in [2.05, 4.69) is 5.32 Å². The van der Waals surface area contributed by atoms with Crippen LogP contribution in [-0.4, -0.2) is 29.0 Å². The van der Waals surface area contributed by atoms with Crippen molar-refractivity contribution in [2.75, 3.05) is 29.9 Å². The van der Waals surface area contributed by atoms with Crippen LogP contribution in [-0.2, 0) is 0 Å². The molecule has 0 saturated heterocycles. The van der Waals surface area contributed by atoms with Gasteiger partial charge in [-0.05, 0) is 13.0 Å². The summed E-state index contributed by atoms with van der Waals surface area (Å²) >= 11 is 5.63. The van der Waals surface area contributed by atoms with Crippen LogP contribution in [0.25, 0.3) is 0 Å². The Balaban J connectivity index is 2.96. The normalized spacial score (nSPS) is 14.4. The molecule has 1 aromatic rings. The lowest BCUT2D eigenvalue weighted by Gasteiger charge is -2.22. The van der Waals surface area contributed by atoms with E-state index in [-0.39, 0.29) is 28.6 Å². The molecule has 0 aliphatic carbocycles. The molecule has 17 heavy (non-hydrogen) atoms. The van der Waals surface area contributed by atoms with Crippen molar-refractivity contribution in [1.29, 1.82) is 0 Å². The predicted octanol–water partition coefficient (Wildman–Crippen LogP) is 0.799. The Morgan fingerprint density at radius 1 is 1.47 bits per heavy atom. The zero-order valence-corrected chi connectivity index (χ0v) is 10.1. The number of aliphatic hydroxyl groups excluding tert-OH is 1. The van der Waals surface area contributed by atoms with Crippen molar-refractivity contribution in [3.63, 3.8) is 0 Å². The van der Waals surface area contributed by atoms with Gasteiger partial charge < -0.3 is 27.0 Å². The van der Waals surface area contributed by atoms with E-state index in [0.29, 0.717) is 0 Å². The number of aliphatic hydroxyl groups is 2. The van der Waals surface area contributed by atoms with Gasteiger partial charge in [-0.1, -0.05) is 11.6 Å². The third kappa shape index (κ3) is 3.12. The molecule has 0 bridgehead atoms. The summed E-state index contributed by atoms with van der Waals surface area (Å²) in [5.41, 5.74) is 9.70. The molecule has 0 saturated carbocycles. The van der Waals surface area contributed by atoms with Crippen molar-refractivity contribution in [1.82, 2.24) is 0 Å². The summed E-state index contributed by atoms with van der Waals surface area (Å²) in [6.45, 7) is 0.849. The number of benzene rings is 1. The van der Waals surface area contributed by atoms with Crippen LogP contribution in [0.3, 0.4) is 0 Å².